The fraction of sp³-hybridized carbons (Fsp3) is 0.355. The van der Waals surface area contributed by atoms with Crippen LogP contribution in [0.5, 0.6) is 11.5 Å². The molecule has 1 atom stereocenters. The second-order valence-corrected chi connectivity index (χ2v) is 12.9. The SMILES string of the molecule is CC[C@H](C(=O)NC(C)(C)C)N(Cc1ccccc1Cl)C(=O)CN(c1cc(OC)ccc1OC)S(=O)(=O)c1ccccc1. The number of benzene rings is 3. The zero-order valence-corrected chi connectivity index (χ0v) is 26.3. The fourth-order valence-electron chi connectivity index (χ4n) is 4.41. The van der Waals surface area contributed by atoms with Gasteiger partial charge in [0.25, 0.3) is 10.0 Å². The molecule has 0 aliphatic carbocycles. The third-order valence-corrected chi connectivity index (χ3v) is 8.59. The molecule has 0 spiro atoms. The van der Waals surface area contributed by atoms with E-state index in [-0.39, 0.29) is 35.2 Å². The Morgan fingerprint density at radius 1 is 0.952 bits per heavy atom. The Hall–Kier alpha value is -3.76. The third kappa shape index (κ3) is 7.95. The van der Waals surface area contributed by atoms with Crippen LogP contribution in [0.4, 0.5) is 5.69 Å². The first kappa shape index (κ1) is 32.8. The monoisotopic (exact) mass is 615 g/mol. The van der Waals surface area contributed by atoms with Crippen molar-refractivity contribution in [1.29, 1.82) is 0 Å². The molecule has 1 N–H and O–H groups in total. The zero-order chi connectivity index (χ0) is 31.1. The van der Waals surface area contributed by atoms with Gasteiger partial charge in [-0.25, -0.2) is 8.42 Å². The van der Waals surface area contributed by atoms with Crippen LogP contribution in [0, 0.1) is 0 Å². The van der Waals surface area contributed by atoms with Gasteiger partial charge in [0.2, 0.25) is 11.8 Å². The van der Waals surface area contributed by atoms with Crippen LogP contribution in [0.25, 0.3) is 0 Å². The summed E-state index contributed by atoms with van der Waals surface area (Å²) in [6.07, 6.45) is 0.284. The second kappa shape index (κ2) is 13.9. The summed E-state index contributed by atoms with van der Waals surface area (Å²) in [4.78, 5) is 29.1. The number of nitrogens with one attached hydrogen (secondary N) is 1. The highest BCUT2D eigenvalue weighted by Gasteiger charge is 2.36. The topological polar surface area (TPSA) is 105 Å². The van der Waals surface area contributed by atoms with Gasteiger partial charge in [0, 0.05) is 23.2 Å². The highest BCUT2D eigenvalue weighted by atomic mass is 35.5. The average molecular weight is 616 g/mol. The summed E-state index contributed by atoms with van der Waals surface area (Å²) < 4.78 is 40.0. The molecule has 9 nitrogen and oxygen atoms in total. The largest absolute Gasteiger partial charge is 0.497 e. The van der Waals surface area contributed by atoms with Crippen molar-refractivity contribution >= 4 is 39.1 Å². The normalized spacial score (nSPS) is 12.3. The van der Waals surface area contributed by atoms with E-state index in [1.807, 2.05) is 20.8 Å². The molecule has 0 bridgehead atoms. The molecule has 0 aromatic heterocycles. The Morgan fingerprint density at radius 2 is 1.60 bits per heavy atom. The van der Waals surface area contributed by atoms with Crippen LogP contribution in [0.3, 0.4) is 0 Å². The summed E-state index contributed by atoms with van der Waals surface area (Å²) in [6, 6.07) is 18.6. The van der Waals surface area contributed by atoms with E-state index in [4.69, 9.17) is 21.1 Å². The minimum atomic E-state index is -4.28. The van der Waals surface area contributed by atoms with Crippen molar-refractivity contribution in [3.8, 4) is 11.5 Å². The molecule has 0 saturated heterocycles. The summed E-state index contributed by atoms with van der Waals surface area (Å²) in [5.41, 5.74) is 0.171. The van der Waals surface area contributed by atoms with Gasteiger partial charge < -0.3 is 19.7 Å². The minimum Gasteiger partial charge on any atom is -0.497 e. The van der Waals surface area contributed by atoms with Crippen LogP contribution in [-0.4, -0.2) is 57.5 Å². The van der Waals surface area contributed by atoms with Gasteiger partial charge in [-0.3, -0.25) is 13.9 Å². The molecule has 2 amide bonds. The summed E-state index contributed by atoms with van der Waals surface area (Å²) in [6.45, 7) is 6.71. The van der Waals surface area contributed by atoms with Crippen LogP contribution in [0.2, 0.25) is 5.02 Å². The molecular formula is C31H38ClN3O6S. The predicted molar refractivity (Wildman–Crippen MR) is 164 cm³/mol. The smallest absolute Gasteiger partial charge is 0.264 e. The van der Waals surface area contributed by atoms with Crippen molar-refractivity contribution in [2.45, 2.75) is 57.1 Å². The number of anilines is 1. The van der Waals surface area contributed by atoms with Gasteiger partial charge in [-0.05, 0) is 63.1 Å². The molecule has 0 radical (unpaired) electrons. The van der Waals surface area contributed by atoms with Crippen LogP contribution in [0.1, 0.15) is 39.7 Å². The number of carbonyl (C=O) groups excluding carboxylic acids is 2. The van der Waals surface area contributed by atoms with Crippen molar-refractivity contribution in [1.82, 2.24) is 10.2 Å². The molecular weight excluding hydrogens is 578 g/mol. The summed E-state index contributed by atoms with van der Waals surface area (Å²) in [5, 5.41) is 3.37. The quantitative estimate of drug-likeness (QED) is 0.297. The number of rotatable bonds is 12. The average Bonchev–Trinajstić information content (AvgIpc) is 2.95. The maximum atomic E-state index is 14.3. The standard InChI is InChI=1S/C31H38ClN3O6S/c1-7-26(30(37)33-31(2,3)4)34(20-22-13-11-12-16-25(22)32)29(36)21-35(42(38,39)24-14-9-8-10-15-24)27-19-23(40-5)17-18-28(27)41-6/h8-19,26H,7,20-21H2,1-6H3,(H,33,37)/t26-/m1/s1. The number of sulfonamides is 1. The predicted octanol–water partition coefficient (Wildman–Crippen LogP) is 5.27. The van der Waals surface area contributed by atoms with Crippen molar-refractivity contribution in [3.63, 3.8) is 0 Å². The zero-order valence-electron chi connectivity index (χ0n) is 24.8. The number of hydrogen-bond donors (Lipinski definition) is 1. The van der Waals surface area contributed by atoms with E-state index in [2.05, 4.69) is 5.32 Å². The summed E-state index contributed by atoms with van der Waals surface area (Å²) in [7, 11) is -1.41. The lowest BCUT2D eigenvalue weighted by Gasteiger charge is -2.35. The molecule has 0 aliphatic rings. The molecule has 0 aliphatic heterocycles. The molecule has 0 unspecified atom stereocenters. The van der Waals surface area contributed by atoms with E-state index in [1.54, 1.807) is 61.5 Å². The lowest BCUT2D eigenvalue weighted by atomic mass is 10.1. The molecule has 0 fully saturated rings. The lowest BCUT2D eigenvalue weighted by molar-refractivity contribution is -0.141. The summed E-state index contributed by atoms with van der Waals surface area (Å²) in [5.74, 6) is -0.370. The van der Waals surface area contributed by atoms with Crippen LogP contribution in [0.15, 0.2) is 77.7 Å². The first-order valence-electron chi connectivity index (χ1n) is 13.5. The molecule has 0 heterocycles. The maximum Gasteiger partial charge on any atom is 0.264 e. The van der Waals surface area contributed by atoms with E-state index in [0.29, 0.717) is 16.3 Å². The molecule has 3 aromatic carbocycles. The van der Waals surface area contributed by atoms with Gasteiger partial charge in [-0.15, -0.1) is 0 Å². The van der Waals surface area contributed by atoms with Crippen molar-refractivity contribution in [2.75, 3.05) is 25.1 Å². The Balaban J connectivity index is 2.16. The lowest BCUT2D eigenvalue weighted by Crippen LogP contribution is -2.55. The molecule has 3 rings (SSSR count). The van der Waals surface area contributed by atoms with Crippen molar-refractivity contribution in [2.24, 2.45) is 0 Å². The Labute approximate surface area is 253 Å². The van der Waals surface area contributed by atoms with Crippen LogP contribution < -0.4 is 19.1 Å². The van der Waals surface area contributed by atoms with Gasteiger partial charge in [-0.2, -0.15) is 0 Å². The second-order valence-electron chi connectivity index (χ2n) is 10.6. The number of nitrogens with zero attached hydrogens (tertiary/aromatic N) is 2. The molecule has 11 heteroatoms. The summed E-state index contributed by atoms with van der Waals surface area (Å²) >= 11 is 6.46. The van der Waals surface area contributed by atoms with Gasteiger partial charge in [-0.1, -0.05) is 54.9 Å². The number of methoxy groups -OCH3 is 2. The first-order chi connectivity index (χ1) is 19.8. The number of amides is 2. The van der Waals surface area contributed by atoms with Gasteiger partial charge in [0.15, 0.2) is 0 Å². The van der Waals surface area contributed by atoms with E-state index < -0.39 is 34.1 Å². The number of ether oxygens (including phenoxy) is 2. The molecule has 226 valence electrons. The van der Waals surface area contributed by atoms with E-state index in [9.17, 15) is 18.0 Å². The van der Waals surface area contributed by atoms with Gasteiger partial charge >= 0.3 is 0 Å². The third-order valence-electron chi connectivity index (χ3n) is 6.45. The number of carbonyl (C=O) groups is 2. The molecule has 3 aromatic rings. The number of hydrogen-bond acceptors (Lipinski definition) is 6. The highest BCUT2D eigenvalue weighted by molar-refractivity contribution is 7.92. The maximum absolute atomic E-state index is 14.3. The van der Waals surface area contributed by atoms with Gasteiger partial charge in [0.05, 0.1) is 24.8 Å². The van der Waals surface area contributed by atoms with Crippen LogP contribution >= 0.6 is 11.6 Å². The van der Waals surface area contributed by atoms with Crippen molar-refractivity contribution < 1.29 is 27.5 Å². The fourth-order valence-corrected chi connectivity index (χ4v) is 6.04. The van der Waals surface area contributed by atoms with E-state index in [1.165, 1.54) is 37.3 Å². The Kier molecular flexibility index (Phi) is 10.9. The Morgan fingerprint density at radius 3 is 2.17 bits per heavy atom. The van der Waals surface area contributed by atoms with E-state index >= 15 is 0 Å². The van der Waals surface area contributed by atoms with E-state index in [0.717, 1.165) is 4.31 Å². The van der Waals surface area contributed by atoms with Crippen LogP contribution in [-0.2, 0) is 26.2 Å². The minimum absolute atomic E-state index is 0.0109. The van der Waals surface area contributed by atoms with Crippen molar-refractivity contribution in [3.05, 3.63) is 83.4 Å². The number of halogens is 1. The Bertz CT molecular complexity index is 1490. The highest BCUT2D eigenvalue weighted by Crippen LogP contribution is 2.36. The first-order valence-corrected chi connectivity index (χ1v) is 15.3. The van der Waals surface area contributed by atoms with Gasteiger partial charge in [0.1, 0.15) is 24.1 Å². The molecule has 0 saturated carbocycles. The molecule has 42 heavy (non-hydrogen) atoms.